The Hall–Kier alpha value is -1.56. The van der Waals surface area contributed by atoms with Gasteiger partial charge >= 0.3 is 24.3 Å². The van der Waals surface area contributed by atoms with Gasteiger partial charge in [-0.15, -0.1) is 0 Å². The molecule has 0 aromatic carbocycles. The minimum absolute atomic E-state index is 0.703. The van der Waals surface area contributed by atoms with E-state index in [2.05, 4.69) is 31.1 Å². The number of piperazine rings is 1. The number of hydrogen-bond donors (Lipinski definition) is 3. The van der Waals surface area contributed by atoms with Crippen LogP contribution in [0.25, 0.3) is 0 Å². The lowest BCUT2D eigenvalue weighted by Crippen LogP contribution is -2.52. The topological polar surface area (TPSA) is 89.9 Å². The van der Waals surface area contributed by atoms with Gasteiger partial charge in [-0.3, -0.25) is 4.90 Å². The SMILES string of the molecule is CC1CNCC(C)N1C.O=C(O)C(F)(F)F.O=C(O)C(F)(F)F. The molecule has 0 spiro atoms. The predicted octanol–water partition coefficient (Wildman–Crippen LogP) is 1.56. The van der Waals surface area contributed by atoms with Gasteiger partial charge in [0.2, 0.25) is 0 Å². The van der Waals surface area contributed by atoms with Crippen molar-refractivity contribution in [2.45, 2.75) is 38.3 Å². The van der Waals surface area contributed by atoms with Crippen molar-refractivity contribution < 1.29 is 46.1 Å². The molecule has 2 atom stereocenters. The zero-order valence-corrected chi connectivity index (χ0v) is 12.5. The fourth-order valence-electron chi connectivity index (χ4n) is 1.22. The lowest BCUT2D eigenvalue weighted by Gasteiger charge is -2.36. The van der Waals surface area contributed by atoms with E-state index < -0.39 is 24.3 Å². The fourth-order valence-corrected chi connectivity index (χ4v) is 1.22. The van der Waals surface area contributed by atoms with Crippen LogP contribution in [0.3, 0.4) is 0 Å². The molecular weight excluding hydrogens is 338 g/mol. The van der Waals surface area contributed by atoms with Crippen LogP contribution in [0.4, 0.5) is 26.3 Å². The lowest BCUT2D eigenvalue weighted by atomic mass is 10.1. The van der Waals surface area contributed by atoms with Crippen LogP contribution in [0.15, 0.2) is 0 Å². The van der Waals surface area contributed by atoms with E-state index in [4.69, 9.17) is 19.8 Å². The maximum absolute atomic E-state index is 10.6. The Balaban J connectivity index is 0. The van der Waals surface area contributed by atoms with E-state index in [1.54, 1.807) is 0 Å². The number of carboxylic acid groups (broad SMARTS) is 2. The summed E-state index contributed by atoms with van der Waals surface area (Å²) in [6.07, 6.45) is -10.2. The first-order valence-corrected chi connectivity index (χ1v) is 6.13. The number of aliphatic carboxylic acids is 2. The highest BCUT2D eigenvalue weighted by Gasteiger charge is 2.38. The molecule has 1 aliphatic heterocycles. The Kier molecular flexibility index (Phi) is 9.84. The Bertz CT molecular complexity index is 352. The summed E-state index contributed by atoms with van der Waals surface area (Å²) in [6, 6.07) is 1.41. The summed E-state index contributed by atoms with van der Waals surface area (Å²) >= 11 is 0. The second kappa shape index (κ2) is 9.55. The second-order valence-corrected chi connectivity index (χ2v) is 4.63. The van der Waals surface area contributed by atoms with E-state index in [0.717, 1.165) is 13.1 Å². The van der Waals surface area contributed by atoms with E-state index in [0.29, 0.717) is 12.1 Å². The number of carboxylic acids is 2. The Morgan fingerprint density at radius 3 is 1.26 bits per heavy atom. The Morgan fingerprint density at radius 2 is 1.13 bits per heavy atom. The average molecular weight is 356 g/mol. The molecule has 0 bridgehead atoms. The molecule has 6 nitrogen and oxygen atoms in total. The maximum Gasteiger partial charge on any atom is 0.490 e. The first-order valence-electron chi connectivity index (χ1n) is 6.13. The summed E-state index contributed by atoms with van der Waals surface area (Å²) in [4.78, 5) is 20.2. The molecule has 0 aromatic rings. The summed E-state index contributed by atoms with van der Waals surface area (Å²) < 4.78 is 63.5. The van der Waals surface area contributed by atoms with Crippen LogP contribution in [-0.4, -0.2) is 71.6 Å². The van der Waals surface area contributed by atoms with Gasteiger partial charge < -0.3 is 15.5 Å². The monoisotopic (exact) mass is 356 g/mol. The average Bonchev–Trinajstić information content (AvgIpc) is 2.35. The third kappa shape index (κ3) is 11.6. The van der Waals surface area contributed by atoms with E-state index >= 15 is 0 Å². The molecule has 23 heavy (non-hydrogen) atoms. The van der Waals surface area contributed by atoms with Crippen molar-refractivity contribution >= 4 is 11.9 Å². The molecule has 1 aliphatic rings. The summed E-state index contributed by atoms with van der Waals surface area (Å²) in [5, 5.41) is 17.6. The predicted molar refractivity (Wildman–Crippen MR) is 66.9 cm³/mol. The van der Waals surface area contributed by atoms with Crippen molar-refractivity contribution in [1.82, 2.24) is 10.2 Å². The summed E-state index contributed by atoms with van der Waals surface area (Å²) in [7, 11) is 2.19. The quantitative estimate of drug-likeness (QED) is 0.571. The van der Waals surface area contributed by atoms with Crippen LogP contribution in [0.2, 0.25) is 0 Å². The zero-order chi connectivity index (χ0) is 19.0. The van der Waals surface area contributed by atoms with Crippen molar-refractivity contribution in [3.63, 3.8) is 0 Å². The molecule has 1 rings (SSSR count). The second-order valence-electron chi connectivity index (χ2n) is 4.63. The van der Waals surface area contributed by atoms with Crippen LogP contribution < -0.4 is 5.32 Å². The first-order chi connectivity index (χ1) is 10.1. The zero-order valence-electron chi connectivity index (χ0n) is 12.5. The highest BCUT2D eigenvalue weighted by molar-refractivity contribution is 5.73. The molecule has 12 heteroatoms. The van der Waals surface area contributed by atoms with Crippen LogP contribution in [0.1, 0.15) is 13.8 Å². The largest absolute Gasteiger partial charge is 0.490 e. The maximum atomic E-state index is 10.6. The number of carbonyl (C=O) groups is 2. The van der Waals surface area contributed by atoms with E-state index in [-0.39, 0.29) is 0 Å². The summed E-state index contributed by atoms with van der Waals surface area (Å²) in [5.41, 5.74) is 0. The standard InChI is InChI=1S/C7H16N2.2C2HF3O2/c1-6-4-8-5-7(2)9(6)3;2*3-2(4,5)1(6)7/h6-8H,4-5H2,1-3H3;2*(H,6,7). The van der Waals surface area contributed by atoms with Crippen molar-refractivity contribution in [1.29, 1.82) is 0 Å². The number of hydrogen-bond acceptors (Lipinski definition) is 4. The van der Waals surface area contributed by atoms with Crippen molar-refractivity contribution in [3.05, 3.63) is 0 Å². The van der Waals surface area contributed by atoms with Crippen LogP contribution in [-0.2, 0) is 9.59 Å². The van der Waals surface area contributed by atoms with E-state index in [9.17, 15) is 26.3 Å². The molecule has 0 amide bonds. The Labute approximate surface area is 128 Å². The van der Waals surface area contributed by atoms with Gasteiger partial charge in [-0.1, -0.05) is 0 Å². The van der Waals surface area contributed by atoms with Gasteiger partial charge in [-0.2, -0.15) is 26.3 Å². The lowest BCUT2D eigenvalue weighted by molar-refractivity contribution is -0.193. The fraction of sp³-hybridized carbons (Fsp3) is 0.818. The number of rotatable bonds is 0. The van der Waals surface area contributed by atoms with Gasteiger partial charge in [-0.05, 0) is 20.9 Å². The normalized spacial score (nSPS) is 22.1. The molecule has 0 aliphatic carbocycles. The molecule has 0 radical (unpaired) electrons. The Morgan fingerprint density at radius 1 is 0.913 bits per heavy atom. The van der Waals surface area contributed by atoms with Gasteiger partial charge in [0.1, 0.15) is 0 Å². The van der Waals surface area contributed by atoms with Crippen molar-refractivity contribution in [2.24, 2.45) is 0 Å². The third-order valence-electron chi connectivity index (χ3n) is 2.76. The van der Waals surface area contributed by atoms with E-state index in [1.165, 1.54) is 0 Å². The molecule has 0 saturated carbocycles. The molecule has 138 valence electrons. The molecule has 3 N–H and O–H groups in total. The highest BCUT2D eigenvalue weighted by atomic mass is 19.4. The highest BCUT2D eigenvalue weighted by Crippen LogP contribution is 2.13. The number of halogens is 6. The smallest absolute Gasteiger partial charge is 0.475 e. The molecule has 1 heterocycles. The van der Waals surface area contributed by atoms with Crippen molar-refractivity contribution in [3.8, 4) is 0 Å². The summed E-state index contributed by atoms with van der Waals surface area (Å²) in [5.74, 6) is -5.51. The summed E-state index contributed by atoms with van der Waals surface area (Å²) in [6.45, 7) is 6.78. The van der Waals surface area contributed by atoms with Crippen LogP contribution in [0.5, 0.6) is 0 Å². The first kappa shape index (κ1) is 23.7. The number of alkyl halides is 6. The minimum Gasteiger partial charge on any atom is -0.475 e. The number of likely N-dealkylation sites (N-methyl/N-ethyl adjacent to an activating group) is 1. The molecule has 1 fully saturated rings. The van der Waals surface area contributed by atoms with E-state index in [1.807, 2.05) is 0 Å². The minimum atomic E-state index is -5.08. The third-order valence-corrected chi connectivity index (χ3v) is 2.76. The van der Waals surface area contributed by atoms with Gasteiger partial charge in [0.25, 0.3) is 0 Å². The van der Waals surface area contributed by atoms with Crippen LogP contribution >= 0.6 is 0 Å². The number of nitrogens with one attached hydrogen (secondary N) is 1. The molecule has 2 unspecified atom stereocenters. The molecule has 1 saturated heterocycles. The molecular formula is C11H18F6N2O4. The molecule has 0 aromatic heterocycles. The van der Waals surface area contributed by atoms with Gasteiger partial charge in [0, 0.05) is 25.2 Å². The van der Waals surface area contributed by atoms with Gasteiger partial charge in [-0.25, -0.2) is 9.59 Å². The van der Waals surface area contributed by atoms with Crippen LogP contribution in [0, 0.1) is 0 Å². The van der Waals surface area contributed by atoms with Gasteiger partial charge in [0.15, 0.2) is 0 Å². The van der Waals surface area contributed by atoms with Crippen molar-refractivity contribution in [2.75, 3.05) is 20.1 Å². The van der Waals surface area contributed by atoms with Gasteiger partial charge in [0.05, 0.1) is 0 Å². The number of nitrogens with zero attached hydrogens (tertiary/aromatic N) is 1.